The molecule has 0 amide bonds. The number of hydrogen-bond acceptors (Lipinski definition) is 4. The van der Waals surface area contributed by atoms with Crippen molar-refractivity contribution in [3.63, 3.8) is 0 Å². The molecule has 2 aliphatic rings. The van der Waals surface area contributed by atoms with Crippen molar-refractivity contribution < 1.29 is 9.47 Å². The molecule has 2 aliphatic heterocycles. The Balaban J connectivity index is 1.61. The minimum atomic E-state index is 0.337. The summed E-state index contributed by atoms with van der Waals surface area (Å²) in [5.74, 6) is 1.60. The first-order chi connectivity index (χ1) is 10.8. The van der Waals surface area contributed by atoms with Crippen LogP contribution in [0, 0.1) is 5.41 Å². The lowest BCUT2D eigenvalue weighted by atomic mass is 9.87. The highest BCUT2D eigenvalue weighted by Gasteiger charge is 2.42. The Morgan fingerprint density at radius 1 is 1.55 bits per heavy atom. The molecule has 6 heteroatoms. The molecule has 0 radical (unpaired) electrons. The number of aliphatic imine (C=N–C) groups is 1. The molecule has 120 valence electrons. The standard InChI is InChI=1S/C16H24N4O2/c1-17-15(19-10-13-4-3-7-18-14(13)21-2)20-8-5-16(11-20)6-9-22-12-16/h3-4,7H,5-6,8-12H2,1-2H3,(H,17,19). The maximum absolute atomic E-state index is 5.59. The Kier molecular flexibility index (Phi) is 4.47. The summed E-state index contributed by atoms with van der Waals surface area (Å²) in [5, 5.41) is 3.42. The predicted octanol–water partition coefficient (Wildman–Crippen LogP) is 1.28. The Hall–Kier alpha value is -1.82. The zero-order valence-corrected chi connectivity index (χ0v) is 13.3. The highest BCUT2D eigenvalue weighted by molar-refractivity contribution is 5.80. The third kappa shape index (κ3) is 3.02. The molecule has 1 spiro atoms. The number of likely N-dealkylation sites (tertiary alicyclic amines) is 1. The molecule has 0 bridgehead atoms. The molecule has 1 atom stereocenters. The summed E-state index contributed by atoms with van der Waals surface area (Å²) in [6.45, 7) is 4.50. The Bertz CT molecular complexity index is 541. The molecule has 1 N–H and O–H groups in total. The number of hydrogen-bond donors (Lipinski definition) is 1. The lowest BCUT2D eigenvalue weighted by Crippen LogP contribution is -2.41. The maximum atomic E-state index is 5.59. The normalized spacial score (nSPS) is 25.0. The van der Waals surface area contributed by atoms with E-state index in [1.54, 1.807) is 13.3 Å². The molecule has 22 heavy (non-hydrogen) atoms. The van der Waals surface area contributed by atoms with Crippen LogP contribution in [-0.4, -0.2) is 56.3 Å². The highest BCUT2D eigenvalue weighted by Crippen LogP contribution is 2.38. The first-order valence-corrected chi connectivity index (χ1v) is 7.78. The predicted molar refractivity (Wildman–Crippen MR) is 85.0 cm³/mol. The lowest BCUT2D eigenvalue weighted by molar-refractivity contribution is 0.156. The SMILES string of the molecule is CN=C(NCc1cccnc1OC)N1CCC2(CCOC2)C1. The van der Waals surface area contributed by atoms with Crippen molar-refractivity contribution in [2.45, 2.75) is 19.4 Å². The van der Waals surface area contributed by atoms with Gasteiger partial charge in [-0.15, -0.1) is 0 Å². The summed E-state index contributed by atoms with van der Waals surface area (Å²) >= 11 is 0. The van der Waals surface area contributed by atoms with Crippen LogP contribution in [0.3, 0.4) is 0 Å². The van der Waals surface area contributed by atoms with E-state index in [9.17, 15) is 0 Å². The van der Waals surface area contributed by atoms with Crippen molar-refractivity contribution in [2.24, 2.45) is 10.4 Å². The van der Waals surface area contributed by atoms with Crippen LogP contribution in [0.4, 0.5) is 0 Å². The largest absolute Gasteiger partial charge is 0.481 e. The number of nitrogens with zero attached hydrogens (tertiary/aromatic N) is 3. The first-order valence-electron chi connectivity index (χ1n) is 7.78. The van der Waals surface area contributed by atoms with Gasteiger partial charge in [-0.1, -0.05) is 6.07 Å². The van der Waals surface area contributed by atoms with E-state index in [0.717, 1.165) is 44.2 Å². The van der Waals surface area contributed by atoms with E-state index in [4.69, 9.17) is 9.47 Å². The molecule has 3 heterocycles. The summed E-state index contributed by atoms with van der Waals surface area (Å²) < 4.78 is 10.9. The zero-order valence-electron chi connectivity index (χ0n) is 13.3. The van der Waals surface area contributed by atoms with Crippen molar-refractivity contribution in [3.05, 3.63) is 23.9 Å². The number of ether oxygens (including phenoxy) is 2. The third-order valence-electron chi connectivity index (χ3n) is 4.61. The number of guanidine groups is 1. The second-order valence-electron chi connectivity index (χ2n) is 6.05. The van der Waals surface area contributed by atoms with Gasteiger partial charge in [0.15, 0.2) is 5.96 Å². The molecule has 6 nitrogen and oxygen atoms in total. The molecule has 1 aromatic rings. The van der Waals surface area contributed by atoms with E-state index in [1.807, 2.05) is 19.2 Å². The summed E-state index contributed by atoms with van der Waals surface area (Å²) in [7, 11) is 3.48. The van der Waals surface area contributed by atoms with E-state index in [-0.39, 0.29) is 0 Å². The van der Waals surface area contributed by atoms with Gasteiger partial charge in [-0.25, -0.2) is 4.98 Å². The van der Waals surface area contributed by atoms with Gasteiger partial charge >= 0.3 is 0 Å². The maximum Gasteiger partial charge on any atom is 0.218 e. The molecule has 0 aliphatic carbocycles. The van der Waals surface area contributed by atoms with Crippen molar-refractivity contribution >= 4 is 5.96 Å². The van der Waals surface area contributed by atoms with Crippen molar-refractivity contribution in [1.29, 1.82) is 0 Å². The Morgan fingerprint density at radius 2 is 2.45 bits per heavy atom. The fourth-order valence-corrected chi connectivity index (χ4v) is 3.34. The van der Waals surface area contributed by atoms with Crippen LogP contribution >= 0.6 is 0 Å². The van der Waals surface area contributed by atoms with Crippen LogP contribution in [0.2, 0.25) is 0 Å². The Labute approximate surface area is 131 Å². The second kappa shape index (κ2) is 6.52. The van der Waals surface area contributed by atoms with Crippen LogP contribution < -0.4 is 10.1 Å². The summed E-state index contributed by atoms with van der Waals surface area (Å²) in [4.78, 5) is 11.0. The molecule has 0 saturated carbocycles. The van der Waals surface area contributed by atoms with Crippen molar-refractivity contribution in [1.82, 2.24) is 15.2 Å². The average molecular weight is 304 g/mol. The van der Waals surface area contributed by atoms with Gasteiger partial charge < -0.3 is 19.7 Å². The fourth-order valence-electron chi connectivity index (χ4n) is 3.34. The molecular weight excluding hydrogens is 280 g/mol. The molecule has 2 saturated heterocycles. The van der Waals surface area contributed by atoms with Crippen LogP contribution in [0.1, 0.15) is 18.4 Å². The van der Waals surface area contributed by atoms with Gasteiger partial charge in [0.1, 0.15) is 0 Å². The topological polar surface area (TPSA) is 59.0 Å². The van der Waals surface area contributed by atoms with Gasteiger partial charge in [0.05, 0.1) is 13.7 Å². The lowest BCUT2D eigenvalue weighted by Gasteiger charge is -2.25. The van der Waals surface area contributed by atoms with E-state index < -0.39 is 0 Å². The highest BCUT2D eigenvalue weighted by atomic mass is 16.5. The molecule has 3 rings (SSSR count). The number of nitrogens with one attached hydrogen (secondary N) is 1. The van der Waals surface area contributed by atoms with Gasteiger partial charge in [0.25, 0.3) is 0 Å². The number of aromatic nitrogens is 1. The van der Waals surface area contributed by atoms with E-state index in [2.05, 4.69) is 20.2 Å². The zero-order chi connectivity index (χ0) is 15.4. The fraction of sp³-hybridized carbons (Fsp3) is 0.625. The minimum Gasteiger partial charge on any atom is -0.481 e. The monoisotopic (exact) mass is 304 g/mol. The van der Waals surface area contributed by atoms with E-state index >= 15 is 0 Å². The minimum absolute atomic E-state index is 0.337. The van der Waals surface area contributed by atoms with Gasteiger partial charge in [0.2, 0.25) is 5.88 Å². The molecule has 2 fully saturated rings. The molecular formula is C16H24N4O2. The first kappa shape index (κ1) is 15.1. The van der Waals surface area contributed by atoms with E-state index in [1.165, 1.54) is 6.42 Å². The van der Waals surface area contributed by atoms with Crippen LogP contribution in [0.5, 0.6) is 5.88 Å². The van der Waals surface area contributed by atoms with Crippen LogP contribution in [-0.2, 0) is 11.3 Å². The molecule has 1 unspecified atom stereocenters. The van der Waals surface area contributed by atoms with Crippen LogP contribution in [0.15, 0.2) is 23.3 Å². The van der Waals surface area contributed by atoms with Gasteiger partial charge in [-0.05, 0) is 18.9 Å². The van der Waals surface area contributed by atoms with Gasteiger partial charge in [-0.2, -0.15) is 0 Å². The summed E-state index contributed by atoms with van der Waals surface area (Å²) in [6.07, 6.45) is 4.09. The Morgan fingerprint density at radius 3 is 3.18 bits per heavy atom. The number of methoxy groups -OCH3 is 1. The quantitative estimate of drug-likeness (QED) is 0.673. The molecule has 0 aromatic carbocycles. The summed E-state index contributed by atoms with van der Waals surface area (Å²) in [6, 6.07) is 3.94. The smallest absolute Gasteiger partial charge is 0.218 e. The third-order valence-corrected chi connectivity index (χ3v) is 4.61. The second-order valence-corrected chi connectivity index (χ2v) is 6.05. The van der Waals surface area contributed by atoms with Gasteiger partial charge in [-0.3, -0.25) is 4.99 Å². The number of pyridine rings is 1. The van der Waals surface area contributed by atoms with E-state index in [0.29, 0.717) is 17.8 Å². The van der Waals surface area contributed by atoms with Crippen molar-refractivity contribution in [3.8, 4) is 5.88 Å². The van der Waals surface area contributed by atoms with Gasteiger partial charge in [0, 0.05) is 50.5 Å². The van der Waals surface area contributed by atoms with Crippen molar-refractivity contribution in [2.75, 3.05) is 40.5 Å². The molecule has 1 aromatic heterocycles. The number of rotatable bonds is 3. The van der Waals surface area contributed by atoms with Crippen LogP contribution in [0.25, 0.3) is 0 Å². The summed E-state index contributed by atoms with van der Waals surface area (Å²) in [5.41, 5.74) is 1.37. The average Bonchev–Trinajstić information content (AvgIpc) is 3.19.